The van der Waals surface area contributed by atoms with Crippen LogP contribution in [0.1, 0.15) is 34.4 Å². The van der Waals surface area contributed by atoms with Gasteiger partial charge in [-0.1, -0.05) is 17.8 Å². The number of hydrogen-bond donors (Lipinski definition) is 0. The summed E-state index contributed by atoms with van der Waals surface area (Å²) < 4.78 is 1.79. The molecule has 2 heterocycles. The summed E-state index contributed by atoms with van der Waals surface area (Å²) >= 11 is 3.25. The third-order valence-corrected chi connectivity index (χ3v) is 6.71. The maximum atomic E-state index is 13.4. The van der Waals surface area contributed by atoms with Gasteiger partial charge >= 0.3 is 0 Å². The molecule has 3 aromatic rings. The van der Waals surface area contributed by atoms with E-state index >= 15 is 0 Å². The number of thioether (sulfide) groups is 1. The molecule has 5 heteroatoms. The van der Waals surface area contributed by atoms with Crippen LogP contribution in [0.2, 0.25) is 0 Å². The van der Waals surface area contributed by atoms with Gasteiger partial charge in [0.2, 0.25) is 0 Å². The van der Waals surface area contributed by atoms with E-state index in [0.29, 0.717) is 0 Å². The van der Waals surface area contributed by atoms with Gasteiger partial charge in [0, 0.05) is 4.88 Å². The molecule has 0 amide bonds. The molecule has 0 saturated heterocycles. The Balaban J connectivity index is 2.05. The number of aromatic nitrogens is 2. The molecule has 0 bridgehead atoms. The summed E-state index contributed by atoms with van der Waals surface area (Å²) in [7, 11) is 0. The van der Waals surface area contributed by atoms with Crippen molar-refractivity contribution in [2.45, 2.75) is 44.7 Å². The maximum Gasteiger partial charge on any atom is 0.267 e. The van der Waals surface area contributed by atoms with Crippen molar-refractivity contribution in [3.05, 3.63) is 50.1 Å². The lowest BCUT2D eigenvalue weighted by Crippen LogP contribution is -2.22. The summed E-state index contributed by atoms with van der Waals surface area (Å²) in [4.78, 5) is 20.5. The number of hydrogen-bond acceptors (Lipinski definition) is 4. The Kier molecular flexibility index (Phi) is 4.01. The maximum absolute atomic E-state index is 13.4. The second-order valence-electron chi connectivity index (χ2n) is 6.40. The SMILES string of the molecule is CSc1nc2sc3c(c2c(=O)n1-c1ccc(C)c(C)c1)CCCC3. The van der Waals surface area contributed by atoms with Gasteiger partial charge in [-0.05, 0) is 74.6 Å². The zero-order valence-corrected chi connectivity index (χ0v) is 15.8. The van der Waals surface area contributed by atoms with E-state index in [1.807, 2.05) is 12.3 Å². The Morgan fingerprint density at radius 3 is 2.71 bits per heavy atom. The molecule has 0 spiro atoms. The fourth-order valence-corrected chi connectivity index (χ4v) is 5.28. The van der Waals surface area contributed by atoms with Crippen molar-refractivity contribution in [3.63, 3.8) is 0 Å². The van der Waals surface area contributed by atoms with Gasteiger partial charge in [0.25, 0.3) is 5.56 Å². The standard InChI is InChI=1S/C19H20N2OS2/c1-11-8-9-13(10-12(11)2)21-18(22)16-14-6-4-5-7-15(14)24-17(16)20-19(21)23-3/h8-10H,4-7H2,1-3H3. The minimum absolute atomic E-state index is 0.0898. The molecule has 4 rings (SSSR count). The zero-order valence-electron chi connectivity index (χ0n) is 14.2. The van der Waals surface area contributed by atoms with Crippen molar-refractivity contribution < 1.29 is 0 Å². The number of fused-ring (bicyclic) bond motifs is 3. The predicted molar refractivity (Wildman–Crippen MR) is 103 cm³/mol. The molecular formula is C19H20N2OS2. The molecule has 0 fully saturated rings. The highest BCUT2D eigenvalue weighted by atomic mass is 32.2. The van der Waals surface area contributed by atoms with Crippen molar-refractivity contribution in [2.24, 2.45) is 0 Å². The molecule has 0 radical (unpaired) electrons. The smallest absolute Gasteiger partial charge is 0.267 e. The van der Waals surface area contributed by atoms with Crippen molar-refractivity contribution in [3.8, 4) is 5.69 Å². The molecule has 3 nitrogen and oxygen atoms in total. The van der Waals surface area contributed by atoms with Crippen LogP contribution in [0.25, 0.3) is 15.9 Å². The lowest BCUT2D eigenvalue weighted by molar-refractivity contribution is 0.699. The van der Waals surface area contributed by atoms with E-state index < -0.39 is 0 Å². The number of aryl methyl sites for hydroxylation is 4. The van der Waals surface area contributed by atoms with E-state index in [2.05, 4.69) is 26.0 Å². The molecule has 24 heavy (non-hydrogen) atoms. The highest BCUT2D eigenvalue weighted by molar-refractivity contribution is 7.98. The molecule has 0 N–H and O–H groups in total. The Morgan fingerprint density at radius 2 is 1.96 bits per heavy atom. The van der Waals surface area contributed by atoms with Crippen LogP contribution in [0.15, 0.2) is 28.2 Å². The fourth-order valence-electron chi connectivity index (χ4n) is 3.42. The number of benzene rings is 1. The molecule has 0 aliphatic heterocycles. The second-order valence-corrected chi connectivity index (χ2v) is 8.26. The summed E-state index contributed by atoms with van der Waals surface area (Å²) in [6, 6.07) is 6.19. The van der Waals surface area contributed by atoms with Gasteiger partial charge < -0.3 is 0 Å². The zero-order chi connectivity index (χ0) is 16.8. The van der Waals surface area contributed by atoms with E-state index in [1.54, 1.807) is 15.9 Å². The molecular weight excluding hydrogens is 336 g/mol. The third-order valence-electron chi connectivity index (χ3n) is 4.89. The number of thiophene rings is 1. The largest absolute Gasteiger partial charge is 0.268 e. The number of nitrogens with zero attached hydrogens (tertiary/aromatic N) is 2. The topological polar surface area (TPSA) is 34.9 Å². The normalized spacial score (nSPS) is 14.1. The van der Waals surface area contributed by atoms with E-state index in [1.165, 1.54) is 46.2 Å². The van der Waals surface area contributed by atoms with E-state index in [9.17, 15) is 4.79 Å². The molecule has 124 valence electrons. The van der Waals surface area contributed by atoms with Gasteiger partial charge in [0.1, 0.15) is 4.83 Å². The van der Waals surface area contributed by atoms with Crippen LogP contribution >= 0.6 is 23.1 Å². The molecule has 0 saturated carbocycles. The lowest BCUT2D eigenvalue weighted by Gasteiger charge is -2.13. The first-order valence-electron chi connectivity index (χ1n) is 8.29. The molecule has 1 aliphatic rings. The number of rotatable bonds is 2. The Labute approximate surface area is 149 Å². The first-order valence-corrected chi connectivity index (χ1v) is 10.3. The van der Waals surface area contributed by atoms with Gasteiger partial charge in [0.05, 0.1) is 11.1 Å². The Bertz CT molecular complexity index is 1000. The van der Waals surface area contributed by atoms with Crippen LogP contribution in [0, 0.1) is 13.8 Å². The van der Waals surface area contributed by atoms with E-state index in [4.69, 9.17) is 4.98 Å². The van der Waals surface area contributed by atoms with Crippen molar-refractivity contribution in [1.29, 1.82) is 0 Å². The third kappa shape index (κ3) is 2.42. The summed E-state index contributed by atoms with van der Waals surface area (Å²) in [5, 5.41) is 1.63. The van der Waals surface area contributed by atoms with Gasteiger partial charge in [-0.3, -0.25) is 9.36 Å². The van der Waals surface area contributed by atoms with Crippen LogP contribution < -0.4 is 5.56 Å². The van der Waals surface area contributed by atoms with Crippen molar-refractivity contribution in [2.75, 3.05) is 6.26 Å². The molecule has 0 atom stereocenters. The first-order chi connectivity index (χ1) is 11.6. The highest BCUT2D eigenvalue weighted by Crippen LogP contribution is 2.35. The van der Waals surface area contributed by atoms with Crippen molar-refractivity contribution in [1.82, 2.24) is 9.55 Å². The van der Waals surface area contributed by atoms with Gasteiger partial charge in [-0.2, -0.15) is 0 Å². The van der Waals surface area contributed by atoms with E-state index in [-0.39, 0.29) is 5.56 Å². The molecule has 0 unspecified atom stereocenters. The first kappa shape index (κ1) is 15.9. The minimum atomic E-state index is 0.0898. The van der Waals surface area contributed by atoms with Gasteiger partial charge in [-0.25, -0.2) is 4.98 Å². The van der Waals surface area contributed by atoms with Crippen molar-refractivity contribution >= 4 is 33.3 Å². The van der Waals surface area contributed by atoms with Crippen LogP contribution in [0.5, 0.6) is 0 Å². The highest BCUT2D eigenvalue weighted by Gasteiger charge is 2.22. The van der Waals surface area contributed by atoms with Crippen LogP contribution in [-0.2, 0) is 12.8 Å². The Morgan fingerprint density at radius 1 is 1.17 bits per heavy atom. The van der Waals surface area contributed by atoms with Crippen LogP contribution in [0.4, 0.5) is 0 Å². The monoisotopic (exact) mass is 356 g/mol. The Hall–Kier alpha value is -1.59. The molecule has 1 aromatic carbocycles. The van der Waals surface area contributed by atoms with Crippen LogP contribution in [0.3, 0.4) is 0 Å². The summed E-state index contributed by atoms with van der Waals surface area (Å²) in [6.07, 6.45) is 6.48. The lowest BCUT2D eigenvalue weighted by atomic mass is 9.97. The second kappa shape index (κ2) is 6.05. The summed E-state index contributed by atoms with van der Waals surface area (Å²) in [5.74, 6) is 0. The average molecular weight is 357 g/mol. The predicted octanol–water partition coefficient (Wildman–Crippen LogP) is 4.66. The minimum Gasteiger partial charge on any atom is -0.268 e. The van der Waals surface area contributed by atoms with Gasteiger partial charge in [-0.15, -0.1) is 11.3 Å². The summed E-state index contributed by atoms with van der Waals surface area (Å²) in [5.41, 5.74) is 4.69. The van der Waals surface area contributed by atoms with E-state index in [0.717, 1.165) is 33.9 Å². The fraction of sp³-hybridized carbons (Fsp3) is 0.368. The summed E-state index contributed by atoms with van der Waals surface area (Å²) in [6.45, 7) is 4.18. The quantitative estimate of drug-likeness (QED) is 0.494. The van der Waals surface area contributed by atoms with Gasteiger partial charge in [0.15, 0.2) is 5.16 Å². The molecule has 1 aliphatic carbocycles. The molecule has 2 aromatic heterocycles. The average Bonchev–Trinajstić information content (AvgIpc) is 2.96. The van der Waals surface area contributed by atoms with Crippen LogP contribution in [-0.4, -0.2) is 15.8 Å².